The lowest BCUT2D eigenvalue weighted by atomic mass is 9.83. The number of benzene rings is 9. The quantitative estimate of drug-likeness (QED) is 0.176. The molecule has 0 amide bonds. The first kappa shape index (κ1) is 34.7. The topological polar surface area (TPSA) is 74.9 Å². The number of ether oxygens (including phenoxy) is 1. The second-order valence-corrected chi connectivity index (χ2v) is 17.9. The Kier molecular flexibility index (Phi) is 6.57. The van der Waals surface area contributed by atoms with Crippen LogP contribution in [0.25, 0.3) is 138 Å². The second-order valence-electron chi connectivity index (χ2n) is 17.9. The molecule has 14 aromatic rings. The Morgan fingerprint density at radius 1 is 0.303 bits per heavy atom. The Labute approximate surface area is 373 Å². The number of hydrogen-bond donors (Lipinski definition) is 0. The SMILES string of the molecule is C1=C(c2cc(-c3ccc4oc5cc6oc7ccccc7c6cc5c4c3)cc(-c3ccc4oc5cc6oc7ccccc7c6cc5c4c3)c2)CC2C(=C1)Oc1cc3oc4ccccc4c3cc12. The van der Waals surface area contributed by atoms with Crippen molar-refractivity contribution in [3.8, 4) is 28.0 Å². The smallest absolute Gasteiger partial charge is 0.139 e. The zero-order chi connectivity index (χ0) is 42.8. The maximum Gasteiger partial charge on any atom is 0.139 e. The molecular weight excluding hydrogens is 817 g/mol. The maximum absolute atomic E-state index is 6.54. The Morgan fingerprint density at radius 3 is 1.26 bits per heavy atom. The summed E-state index contributed by atoms with van der Waals surface area (Å²) in [6.45, 7) is 0. The van der Waals surface area contributed by atoms with Gasteiger partial charge >= 0.3 is 0 Å². The molecule has 9 aromatic carbocycles. The second kappa shape index (κ2) is 12.5. The van der Waals surface area contributed by atoms with E-state index in [1.165, 1.54) is 11.1 Å². The summed E-state index contributed by atoms with van der Waals surface area (Å²) in [4.78, 5) is 0. The number of furan rings is 5. The summed E-state index contributed by atoms with van der Waals surface area (Å²) in [6, 6.07) is 57.6. The Morgan fingerprint density at radius 2 is 0.727 bits per heavy atom. The van der Waals surface area contributed by atoms with Crippen molar-refractivity contribution >= 4 is 115 Å². The van der Waals surface area contributed by atoms with Gasteiger partial charge in [0.1, 0.15) is 67.3 Å². The lowest BCUT2D eigenvalue weighted by Crippen LogP contribution is -2.04. The highest BCUT2D eigenvalue weighted by Crippen LogP contribution is 2.51. The van der Waals surface area contributed by atoms with Gasteiger partial charge in [0.25, 0.3) is 0 Å². The van der Waals surface area contributed by atoms with Crippen molar-refractivity contribution in [3.63, 3.8) is 0 Å². The van der Waals surface area contributed by atoms with Crippen LogP contribution < -0.4 is 4.74 Å². The van der Waals surface area contributed by atoms with E-state index in [0.717, 1.165) is 155 Å². The van der Waals surface area contributed by atoms with Crippen molar-refractivity contribution in [2.45, 2.75) is 12.3 Å². The normalized spacial score (nSPS) is 15.1. The summed E-state index contributed by atoms with van der Waals surface area (Å²) in [5.41, 5.74) is 16.4. The zero-order valence-corrected chi connectivity index (χ0v) is 35.0. The van der Waals surface area contributed by atoms with Gasteiger partial charge in [-0.05, 0) is 125 Å². The third-order valence-corrected chi connectivity index (χ3v) is 14.2. The van der Waals surface area contributed by atoms with Crippen LogP contribution in [0.4, 0.5) is 0 Å². The Hall–Kier alpha value is -8.74. The fraction of sp³-hybridized carbons (Fsp3) is 0.0333. The van der Waals surface area contributed by atoms with Gasteiger partial charge < -0.3 is 26.8 Å². The third-order valence-electron chi connectivity index (χ3n) is 14.2. The monoisotopic (exact) mass is 848 g/mol. The minimum atomic E-state index is 0.0825. The lowest BCUT2D eigenvalue weighted by Gasteiger charge is -2.20. The van der Waals surface area contributed by atoms with E-state index in [1.54, 1.807) is 0 Å². The molecule has 0 saturated heterocycles. The fourth-order valence-corrected chi connectivity index (χ4v) is 11.0. The van der Waals surface area contributed by atoms with E-state index < -0.39 is 0 Å². The first-order valence-electron chi connectivity index (χ1n) is 22.4. The van der Waals surface area contributed by atoms with Crippen LogP contribution in [0.15, 0.2) is 204 Å². The molecule has 0 radical (unpaired) electrons. The summed E-state index contributed by atoms with van der Waals surface area (Å²) >= 11 is 0. The van der Waals surface area contributed by atoms with Gasteiger partial charge in [-0.2, -0.15) is 0 Å². The van der Waals surface area contributed by atoms with Crippen LogP contribution in [-0.4, -0.2) is 0 Å². The molecule has 6 heteroatoms. The van der Waals surface area contributed by atoms with Gasteiger partial charge in [0, 0.05) is 83.5 Å². The van der Waals surface area contributed by atoms with Gasteiger partial charge in [-0.15, -0.1) is 0 Å². The van der Waals surface area contributed by atoms with Crippen molar-refractivity contribution in [3.05, 3.63) is 193 Å². The molecular formula is C60H32O6. The molecule has 16 rings (SSSR count). The fourth-order valence-electron chi connectivity index (χ4n) is 11.0. The van der Waals surface area contributed by atoms with E-state index in [9.17, 15) is 0 Å². The predicted molar refractivity (Wildman–Crippen MR) is 264 cm³/mol. The van der Waals surface area contributed by atoms with Crippen molar-refractivity contribution in [1.82, 2.24) is 0 Å². The van der Waals surface area contributed by atoms with E-state index in [4.69, 9.17) is 26.8 Å². The van der Waals surface area contributed by atoms with Gasteiger partial charge in [0.2, 0.25) is 0 Å². The van der Waals surface area contributed by atoms with Crippen LogP contribution in [0, 0.1) is 0 Å². The number of fused-ring (bicyclic) bond motifs is 18. The molecule has 0 fully saturated rings. The number of rotatable bonds is 3. The first-order valence-corrected chi connectivity index (χ1v) is 22.4. The van der Waals surface area contributed by atoms with E-state index in [0.29, 0.717) is 0 Å². The number of allylic oxidation sites excluding steroid dienone is 4. The Balaban J connectivity index is 0.867. The molecule has 0 N–H and O–H groups in total. The van der Waals surface area contributed by atoms with E-state index >= 15 is 0 Å². The molecule has 308 valence electrons. The van der Waals surface area contributed by atoms with E-state index in [-0.39, 0.29) is 5.92 Å². The van der Waals surface area contributed by atoms with Crippen LogP contribution in [0.1, 0.15) is 23.5 Å². The lowest BCUT2D eigenvalue weighted by molar-refractivity contribution is 0.426. The van der Waals surface area contributed by atoms with Gasteiger partial charge in [-0.1, -0.05) is 72.8 Å². The zero-order valence-electron chi connectivity index (χ0n) is 35.0. The van der Waals surface area contributed by atoms with Crippen molar-refractivity contribution in [2.24, 2.45) is 0 Å². The van der Waals surface area contributed by atoms with Gasteiger partial charge in [-0.3, -0.25) is 0 Å². The Bertz CT molecular complexity index is 4330. The molecule has 5 aromatic heterocycles. The van der Waals surface area contributed by atoms with Crippen molar-refractivity contribution in [2.75, 3.05) is 0 Å². The standard InChI is InChI=1S/C60H32O6/c1-4-10-49-37(7-1)43-25-46-40-22-31(13-16-52(40)64-58(46)28-55(43)61-49)34-19-35(32-14-17-53-41(23-32)47-26-44-38-8-2-5-11-50(38)62-56(44)29-59(47)65-53)21-36(20-34)33-15-18-54-42(24-33)48-27-45-39-9-3-6-12-51(39)63-57(45)30-60(48)66-54/h1-23,25-30,42H,24H2. The average Bonchev–Trinajstić information content (AvgIpc) is 4.21. The van der Waals surface area contributed by atoms with Crippen LogP contribution in [0.3, 0.4) is 0 Å². The van der Waals surface area contributed by atoms with Crippen LogP contribution in [0.2, 0.25) is 0 Å². The molecule has 2 aliphatic rings. The number of hydrogen-bond acceptors (Lipinski definition) is 6. The third kappa shape index (κ3) is 4.84. The molecule has 1 atom stereocenters. The minimum absolute atomic E-state index is 0.0825. The van der Waals surface area contributed by atoms with Crippen LogP contribution >= 0.6 is 0 Å². The highest BCUT2D eigenvalue weighted by atomic mass is 16.5. The van der Waals surface area contributed by atoms with Crippen molar-refractivity contribution < 1.29 is 26.8 Å². The summed E-state index contributed by atoms with van der Waals surface area (Å²) < 4.78 is 38.2. The molecule has 0 spiro atoms. The summed E-state index contributed by atoms with van der Waals surface area (Å²) in [5.74, 6) is 1.92. The highest BCUT2D eigenvalue weighted by molar-refractivity contribution is 6.17. The van der Waals surface area contributed by atoms with Crippen molar-refractivity contribution in [1.29, 1.82) is 0 Å². The largest absolute Gasteiger partial charge is 0.461 e. The minimum Gasteiger partial charge on any atom is -0.461 e. The number of para-hydroxylation sites is 3. The summed E-state index contributed by atoms with van der Waals surface area (Å²) in [5, 5.41) is 10.8. The molecule has 6 heterocycles. The van der Waals surface area contributed by atoms with Gasteiger partial charge in [0.15, 0.2) is 0 Å². The molecule has 0 saturated carbocycles. The maximum atomic E-state index is 6.54. The molecule has 0 bridgehead atoms. The summed E-state index contributed by atoms with van der Waals surface area (Å²) in [7, 11) is 0. The molecule has 1 aliphatic carbocycles. The molecule has 1 aliphatic heterocycles. The van der Waals surface area contributed by atoms with Crippen LogP contribution in [0.5, 0.6) is 5.75 Å². The average molecular weight is 849 g/mol. The highest BCUT2D eigenvalue weighted by Gasteiger charge is 2.34. The van der Waals surface area contributed by atoms with Gasteiger partial charge in [-0.25, -0.2) is 0 Å². The first-order chi connectivity index (χ1) is 32.6. The van der Waals surface area contributed by atoms with Crippen LogP contribution in [-0.2, 0) is 0 Å². The predicted octanol–water partition coefficient (Wildman–Crippen LogP) is 17.4. The molecule has 6 nitrogen and oxygen atoms in total. The summed E-state index contributed by atoms with van der Waals surface area (Å²) in [6.07, 6.45) is 5.19. The van der Waals surface area contributed by atoms with Gasteiger partial charge in [0.05, 0.1) is 0 Å². The molecule has 66 heavy (non-hydrogen) atoms. The van der Waals surface area contributed by atoms with E-state index in [2.05, 4.69) is 127 Å². The molecule has 1 unspecified atom stereocenters. The van der Waals surface area contributed by atoms with E-state index in [1.807, 2.05) is 48.5 Å².